The summed E-state index contributed by atoms with van der Waals surface area (Å²) in [4.78, 5) is 98.5. The van der Waals surface area contributed by atoms with Crippen molar-refractivity contribution in [3.8, 4) is 0 Å². The van der Waals surface area contributed by atoms with E-state index < -0.39 is 132 Å². The zero-order chi connectivity index (χ0) is 59.1. The molecule has 22 nitrogen and oxygen atoms in total. The second kappa shape index (κ2) is 25.8. The molecule has 5 N–H and O–H groups in total. The van der Waals surface area contributed by atoms with Crippen LogP contribution in [0.1, 0.15) is 141 Å². The van der Waals surface area contributed by atoms with Crippen molar-refractivity contribution in [3.63, 3.8) is 0 Å². The highest BCUT2D eigenvalue weighted by Gasteiger charge is 2.78. The summed E-state index contributed by atoms with van der Waals surface area (Å²) in [5, 5.41) is 58.4. The number of carbonyl (C=O) groups excluding carboxylic acids is 7. The van der Waals surface area contributed by atoms with Crippen molar-refractivity contribution in [2.24, 2.45) is 16.7 Å². The Morgan fingerprint density at radius 2 is 1.58 bits per heavy atom. The summed E-state index contributed by atoms with van der Waals surface area (Å²) < 4.78 is 43.4. The highest BCUT2D eigenvalue weighted by atomic mass is 16.6. The average molecular weight is 1130 g/mol. The molecule has 0 unspecified atom stereocenters. The minimum Gasteiger partial charge on any atom is -0.455 e. The number of nitrogens with zero attached hydrogens (tertiary/aromatic N) is 3. The average Bonchev–Trinajstić information content (AvgIpc) is 4.02. The van der Waals surface area contributed by atoms with Gasteiger partial charge in [-0.15, -0.1) is 5.10 Å². The molecule has 1 saturated heterocycles. The van der Waals surface area contributed by atoms with Gasteiger partial charge in [0.25, 0.3) is 0 Å². The first-order valence-electron chi connectivity index (χ1n) is 27.7. The molecule has 442 valence electrons. The Bertz CT molecular complexity index is 2780. The number of unbranched alkanes of at least 4 members (excludes halogenated alkanes) is 4. The van der Waals surface area contributed by atoms with E-state index in [1.807, 2.05) is 6.20 Å². The molecule has 1 amide bonds. The van der Waals surface area contributed by atoms with Crippen molar-refractivity contribution in [2.75, 3.05) is 26.4 Å². The molecule has 81 heavy (non-hydrogen) atoms. The zero-order valence-corrected chi connectivity index (χ0v) is 47.4. The van der Waals surface area contributed by atoms with Gasteiger partial charge in [0, 0.05) is 50.9 Å². The highest BCUT2D eigenvalue weighted by Crippen LogP contribution is 2.64. The van der Waals surface area contributed by atoms with E-state index in [9.17, 15) is 39.3 Å². The van der Waals surface area contributed by atoms with Gasteiger partial charge in [0.1, 0.15) is 54.9 Å². The largest absolute Gasteiger partial charge is 0.455 e. The smallest absolute Gasteiger partial charge is 0.408 e. The van der Waals surface area contributed by atoms with Crippen LogP contribution < -0.4 is 5.32 Å². The number of fused-ring (bicyclic) bond motifs is 5. The summed E-state index contributed by atoms with van der Waals surface area (Å²) in [6, 6.07) is 14.2. The number of alkyl carbamates (subject to hydrolysis) is 1. The van der Waals surface area contributed by atoms with Crippen LogP contribution in [0.3, 0.4) is 0 Å². The van der Waals surface area contributed by atoms with Crippen LogP contribution in [0.2, 0.25) is 0 Å². The number of ketones is 2. The van der Waals surface area contributed by atoms with Crippen LogP contribution in [0.15, 0.2) is 78.0 Å². The predicted octanol–water partition coefficient (Wildman–Crippen LogP) is 4.95. The fraction of sp³-hybridized carbons (Fsp3) is 0.610. The second-order valence-electron chi connectivity index (χ2n) is 23.4. The van der Waals surface area contributed by atoms with Crippen molar-refractivity contribution in [1.82, 2.24) is 20.3 Å². The normalized spacial score (nSPS) is 27.4. The number of hydrogen-bond donors (Lipinski definition) is 5. The van der Waals surface area contributed by atoms with Gasteiger partial charge >= 0.3 is 30.0 Å². The van der Waals surface area contributed by atoms with Gasteiger partial charge in [-0.05, 0) is 95.6 Å². The lowest BCUT2D eigenvalue weighted by Crippen LogP contribution is -2.81. The lowest BCUT2D eigenvalue weighted by molar-refractivity contribution is -0.346. The van der Waals surface area contributed by atoms with Gasteiger partial charge in [-0.2, -0.15) is 0 Å². The number of aryl methyl sites for hydroxylation is 2. The molecule has 0 radical (unpaired) electrons. The van der Waals surface area contributed by atoms with Crippen molar-refractivity contribution < 1.29 is 87.1 Å². The molecule has 2 heterocycles. The Hall–Kier alpha value is -6.43. The van der Waals surface area contributed by atoms with Gasteiger partial charge in [0.2, 0.25) is 6.10 Å². The number of Topliss-reactive ketones (excluding diaryl/α,β-unsaturated/α-hetero) is 2. The van der Waals surface area contributed by atoms with Crippen molar-refractivity contribution in [1.29, 1.82) is 0 Å². The zero-order valence-electron chi connectivity index (χ0n) is 47.4. The summed E-state index contributed by atoms with van der Waals surface area (Å²) in [6.45, 7) is 11.1. The summed E-state index contributed by atoms with van der Waals surface area (Å²) in [7, 11) is 0. The number of ether oxygens (including phenoxy) is 7. The van der Waals surface area contributed by atoms with Gasteiger partial charge in [-0.1, -0.05) is 80.4 Å². The SMILES string of the molecule is CC(=O)O[C@@]12CO[C@@H]1C[C@H](O)[C@@]1(C)C(=O)[C@H](O)C3=C(C)[C@@H](OC(=O)[C@H](OC(=O)COCC(=O)CCCCc4cn(CCCCCCO)nn4)[C@@H](NC(=O)OC(C)(C)C)c4ccccc4)C[C@@](O)([C@@H](OC(=O)c4ccccc4)[C@H]21)C3(C)C. The maximum Gasteiger partial charge on any atom is 0.408 e. The van der Waals surface area contributed by atoms with Crippen molar-refractivity contribution >= 4 is 41.5 Å². The molecule has 1 aliphatic heterocycles. The van der Waals surface area contributed by atoms with Gasteiger partial charge in [-0.25, -0.2) is 19.2 Å². The first-order chi connectivity index (χ1) is 38.3. The monoisotopic (exact) mass is 1130 g/mol. The molecule has 3 aliphatic carbocycles. The van der Waals surface area contributed by atoms with E-state index in [-0.39, 0.29) is 54.1 Å². The number of rotatable bonds is 24. The molecule has 4 aliphatic rings. The molecule has 2 saturated carbocycles. The lowest BCUT2D eigenvalue weighted by atomic mass is 9.44. The van der Waals surface area contributed by atoms with E-state index in [2.05, 4.69) is 15.6 Å². The number of aliphatic hydroxyl groups excluding tert-OH is 3. The van der Waals surface area contributed by atoms with E-state index >= 15 is 9.59 Å². The third-order valence-electron chi connectivity index (χ3n) is 16.3. The molecule has 0 spiro atoms. The summed E-state index contributed by atoms with van der Waals surface area (Å²) in [6.07, 6.45) is -4.91. The number of nitrogens with one attached hydrogen (secondary N) is 1. The fourth-order valence-electron chi connectivity index (χ4n) is 12.1. The molecule has 11 atom stereocenters. The molecule has 2 aromatic carbocycles. The molecule has 22 heteroatoms. The number of benzene rings is 2. The third kappa shape index (κ3) is 13.6. The highest BCUT2D eigenvalue weighted by molar-refractivity contribution is 5.94. The number of aromatic nitrogens is 3. The Morgan fingerprint density at radius 3 is 2.22 bits per heavy atom. The first-order valence-corrected chi connectivity index (χ1v) is 27.7. The van der Waals surface area contributed by atoms with E-state index in [1.165, 1.54) is 39.8 Å². The molecule has 2 bridgehead atoms. The quantitative estimate of drug-likeness (QED) is 0.0343. The molecule has 1 aromatic heterocycles. The number of amides is 1. The molecule has 7 rings (SSSR count). The number of esters is 4. The first kappa shape index (κ1) is 62.2. The van der Waals surface area contributed by atoms with Crippen LogP contribution >= 0.6 is 0 Å². The van der Waals surface area contributed by atoms with Gasteiger partial charge in [0.15, 0.2) is 17.2 Å². The predicted molar refractivity (Wildman–Crippen MR) is 286 cm³/mol. The molecule has 3 fully saturated rings. The van der Waals surface area contributed by atoms with Crippen LogP contribution in [-0.4, -0.2) is 157 Å². The topological polar surface area (TPSA) is 308 Å². The maximum atomic E-state index is 15.3. The molecular formula is C59H78N4O18. The molecular weight excluding hydrogens is 1050 g/mol. The standard InChI is InChI=1S/C59H78N4O18/c1-35-41(30-59(74)51(79-52(71)38-23-15-12-16-24-38)49-57(8,50(70)47(69)45(35)56(59,6)7)42(67)29-43-58(49,34-76-43)80-36(2)65)77-53(72)48(46(37-21-13-11-14-22-37)60-54(73)81-55(3,4)5)78-44(68)33-75-32-40(66)26-18-17-25-39-31-63(62-61-39)27-19-9-10-20-28-64/h11-16,21-24,31,41-43,46-49,51,64,67,69,74H,9-10,17-20,25-30,32-34H2,1-8H3,(H,60,73)/t41-,42-,43+,46-,47+,48+,49-,51-,57+,58-,59+/m0/s1. The van der Waals surface area contributed by atoms with Gasteiger partial charge in [-0.3, -0.25) is 19.1 Å². The Morgan fingerprint density at radius 1 is 0.901 bits per heavy atom. The Balaban J connectivity index is 1.18. The van der Waals surface area contributed by atoms with Crippen molar-refractivity contribution in [2.45, 2.75) is 186 Å². The number of hydrogen-bond acceptors (Lipinski definition) is 20. The fourth-order valence-corrected chi connectivity index (χ4v) is 12.1. The summed E-state index contributed by atoms with van der Waals surface area (Å²) >= 11 is 0. The van der Waals surface area contributed by atoms with E-state index in [0.717, 1.165) is 38.3 Å². The minimum atomic E-state index is -2.48. The van der Waals surface area contributed by atoms with E-state index in [0.29, 0.717) is 25.8 Å². The Labute approximate surface area is 471 Å². The van der Waals surface area contributed by atoms with Gasteiger partial charge in [0.05, 0.1) is 35.3 Å². The minimum absolute atomic E-state index is 0.0352. The van der Waals surface area contributed by atoms with Crippen LogP contribution in [0.4, 0.5) is 4.79 Å². The van der Waals surface area contributed by atoms with Crippen molar-refractivity contribution in [3.05, 3.63) is 94.8 Å². The Kier molecular flexibility index (Phi) is 19.8. The maximum absolute atomic E-state index is 15.3. The van der Waals surface area contributed by atoms with Crippen LogP contribution in [0.25, 0.3) is 0 Å². The second-order valence-corrected chi connectivity index (χ2v) is 23.4. The third-order valence-corrected chi connectivity index (χ3v) is 16.3. The number of aliphatic hydroxyl groups is 4. The van der Waals surface area contributed by atoms with Crippen LogP contribution in [-0.2, 0) is 70.1 Å². The number of carbonyl (C=O) groups is 7. The lowest BCUT2D eigenvalue weighted by Gasteiger charge is -2.67. The van der Waals surface area contributed by atoms with Crippen LogP contribution in [0, 0.1) is 16.7 Å². The van der Waals surface area contributed by atoms with E-state index in [1.54, 1.807) is 74.0 Å². The summed E-state index contributed by atoms with van der Waals surface area (Å²) in [5.41, 5.74) is -8.15. The van der Waals surface area contributed by atoms with Gasteiger partial charge < -0.3 is 58.9 Å². The van der Waals surface area contributed by atoms with E-state index in [4.69, 9.17) is 38.3 Å². The van der Waals surface area contributed by atoms with Crippen LogP contribution in [0.5, 0.6) is 0 Å². The summed E-state index contributed by atoms with van der Waals surface area (Å²) in [5.74, 6) is -7.11. The molecule has 3 aromatic rings.